The van der Waals surface area contributed by atoms with Gasteiger partial charge in [0.15, 0.2) is 0 Å². The highest BCUT2D eigenvalue weighted by Crippen LogP contribution is 2.15. The van der Waals surface area contributed by atoms with Gasteiger partial charge >= 0.3 is 12.2 Å². The normalized spacial score (nSPS) is 18.0. The van der Waals surface area contributed by atoms with E-state index in [0.29, 0.717) is 13.1 Å². The van der Waals surface area contributed by atoms with Crippen molar-refractivity contribution >= 4 is 12.2 Å². The van der Waals surface area contributed by atoms with Gasteiger partial charge in [-0.2, -0.15) is 0 Å². The first kappa shape index (κ1) is 18.1. The monoisotopic (exact) mass is 334 g/mol. The fourth-order valence-electron chi connectivity index (χ4n) is 2.52. The molecule has 1 atom stereocenters. The summed E-state index contributed by atoms with van der Waals surface area (Å²) in [6.07, 6.45) is 0.837. The Kier molecular flexibility index (Phi) is 6.06. The Labute approximate surface area is 143 Å². The number of nitrogens with zero attached hydrogens (tertiary/aromatic N) is 1. The molecule has 1 aliphatic rings. The molecule has 0 saturated carbocycles. The summed E-state index contributed by atoms with van der Waals surface area (Å²) in [5.74, 6) is 0. The molecular formula is C18H26N2O4. The molecule has 1 aromatic rings. The Morgan fingerprint density at radius 1 is 1.25 bits per heavy atom. The average molecular weight is 334 g/mol. The summed E-state index contributed by atoms with van der Waals surface area (Å²) in [6.45, 7) is 6.83. The zero-order valence-corrected chi connectivity index (χ0v) is 14.6. The number of rotatable bonds is 3. The second-order valence-corrected chi connectivity index (χ2v) is 6.97. The number of benzene rings is 1. The molecule has 0 aliphatic carbocycles. The molecule has 24 heavy (non-hydrogen) atoms. The van der Waals surface area contributed by atoms with Crippen LogP contribution in [0.4, 0.5) is 9.59 Å². The molecule has 2 rings (SSSR count). The van der Waals surface area contributed by atoms with Crippen LogP contribution in [0.5, 0.6) is 0 Å². The summed E-state index contributed by atoms with van der Waals surface area (Å²) in [7, 11) is 0. The van der Waals surface area contributed by atoms with Crippen molar-refractivity contribution in [2.75, 3.05) is 13.1 Å². The molecule has 1 N–H and O–H groups in total. The third-order valence-corrected chi connectivity index (χ3v) is 3.61. The van der Waals surface area contributed by atoms with Gasteiger partial charge in [0.1, 0.15) is 12.2 Å². The quantitative estimate of drug-likeness (QED) is 0.921. The second-order valence-electron chi connectivity index (χ2n) is 6.97. The second kappa shape index (κ2) is 8.04. The van der Waals surface area contributed by atoms with Crippen LogP contribution in [-0.4, -0.2) is 41.8 Å². The minimum Gasteiger partial charge on any atom is -0.445 e. The summed E-state index contributed by atoms with van der Waals surface area (Å²) in [5.41, 5.74) is 0.415. The Bertz CT molecular complexity index is 554. The lowest BCUT2D eigenvalue weighted by Gasteiger charge is -2.34. The van der Waals surface area contributed by atoms with E-state index in [1.54, 1.807) is 4.90 Å². The topological polar surface area (TPSA) is 67.9 Å². The molecule has 0 spiro atoms. The maximum Gasteiger partial charge on any atom is 0.410 e. The number of carbonyl (C=O) groups is 2. The lowest BCUT2D eigenvalue weighted by atomic mass is 10.1. The number of carbonyl (C=O) groups excluding carboxylic acids is 2. The van der Waals surface area contributed by atoms with E-state index in [1.807, 2.05) is 51.1 Å². The van der Waals surface area contributed by atoms with Gasteiger partial charge in [-0.05, 0) is 39.2 Å². The summed E-state index contributed by atoms with van der Waals surface area (Å²) in [4.78, 5) is 25.7. The molecule has 1 aliphatic heterocycles. The van der Waals surface area contributed by atoms with Crippen molar-refractivity contribution in [2.24, 2.45) is 0 Å². The molecule has 0 aromatic heterocycles. The van der Waals surface area contributed by atoms with Gasteiger partial charge in [0.05, 0.1) is 0 Å². The van der Waals surface area contributed by atoms with Gasteiger partial charge in [0.25, 0.3) is 0 Å². The number of hydrogen-bond acceptors (Lipinski definition) is 4. The highest BCUT2D eigenvalue weighted by atomic mass is 16.6. The van der Waals surface area contributed by atoms with Crippen LogP contribution in [0.1, 0.15) is 39.2 Å². The predicted molar refractivity (Wildman–Crippen MR) is 90.6 cm³/mol. The molecule has 2 amide bonds. The number of ether oxygens (including phenoxy) is 2. The Hall–Kier alpha value is -2.24. The van der Waals surface area contributed by atoms with Crippen LogP contribution >= 0.6 is 0 Å². The zero-order chi connectivity index (χ0) is 17.6. The van der Waals surface area contributed by atoms with Crippen molar-refractivity contribution in [1.82, 2.24) is 10.2 Å². The minimum absolute atomic E-state index is 0.116. The maximum atomic E-state index is 12.1. The number of amides is 2. The first-order valence-electron chi connectivity index (χ1n) is 8.28. The fraction of sp³-hybridized carbons (Fsp3) is 0.556. The van der Waals surface area contributed by atoms with E-state index in [1.165, 1.54) is 0 Å². The average Bonchev–Trinajstić information content (AvgIpc) is 2.52. The summed E-state index contributed by atoms with van der Waals surface area (Å²) in [6, 6.07) is 9.40. The number of nitrogens with one attached hydrogen (secondary N) is 1. The highest BCUT2D eigenvalue weighted by molar-refractivity contribution is 5.69. The fourth-order valence-corrected chi connectivity index (χ4v) is 2.52. The van der Waals surface area contributed by atoms with E-state index >= 15 is 0 Å². The predicted octanol–water partition coefficient (Wildman–Crippen LogP) is 3.31. The molecule has 1 fully saturated rings. The lowest BCUT2D eigenvalue weighted by molar-refractivity contribution is 0.0184. The molecule has 1 unspecified atom stereocenters. The molecule has 1 aromatic carbocycles. The summed E-state index contributed by atoms with van der Waals surface area (Å²) in [5, 5.41) is 2.83. The maximum absolute atomic E-state index is 12.1. The molecular weight excluding hydrogens is 308 g/mol. The van der Waals surface area contributed by atoms with Crippen LogP contribution in [-0.2, 0) is 16.1 Å². The van der Waals surface area contributed by atoms with Crippen molar-refractivity contribution in [3.8, 4) is 0 Å². The van der Waals surface area contributed by atoms with E-state index in [2.05, 4.69) is 5.32 Å². The van der Waals surface area contributed by atoms with Crippen LogP contribution in [0.3, 0.4) is 0 Å². The van der Waals surface area contributed by atoms with Crippen molar-refractivity contribution < 1.29 is 19.1 Å². The first-order chi connectivity index (χ1) is 11.3. The summed E-state index contributed by atoms with van der Waals surface area (Å²) < 4.78 is 10.6. The zero-order valence-electron chi connectivity index (χ0n) is 14.6. The van der Waals surface area contributed by atoms with Crippen molar-refractivity contribution in [3.05, 3.63) is 35.9 Å². The Morgan fingerprint density at radius 3 is 2.62 bits per heavy atom. The van der Waals surface area contributed by atoms with Crippen LogP contribution in [0.15, 0.2) is 30.3 Å². The van der Waals surface area contributed by atoms with Gasteiger partial charge in [0.2, 0.25) is 0 Å². The molecule has 132 valence electrons. The summed E-state index contributed by atoms with van der Waals surface area (Å²) >= 11 is 0. The lowest BCUT2D eigenvalue weighted by Crippen LogP contribution is -2.50. The van der Waals surface area contributed by atoms with Crippen LogP contribution in [0, 0.1) is 0 Å². The van der Waals surface area contributed by atoms with Crippen LogP contribution < -0.4 is 5.32 Å². The van der Waals surface area contributed by atoms with E-state index in [0.717, 1.165) is 18.4 Å². The van der Waals surface area contributed by atoms with Gasteiger partial charge in [-0.1, -0.05) is 30.3 Å². The SMILES string of the molecule is CC(C)(C)OC(=O)N1CCCC(NC(=O)OCc2ccccc2)C1. The number of hydrogen-bond donors (Lipinski definition) is 1. The smallest absolute Gasteiger partial charge is 0.410 e. The molecule has 6 heteroatoms. The van der Waals surface area contributed by atoms with Crippen molar-refractivity contribution in [1.29, 1.82) is 0 Å². The molecule has 0 radical (unpaired) electrons. The van der Waals surface area contributed by atoms with Gasteiger partial charge in [-0.3, -0.25) is 0 Å². The third-order valence-electron chi connectivity index (χ3n) is 3.61. The van der Waals surface area contributed by atoms with Crippen LogP contribution in [0.2, 0.25) is 0 Å². The molecule has 0 bridgehead atoms. The first-order valence-corrected chi connectivity index (χ1v) is 8.28. The van der Waals surface area contributed by atoms with E-state index in [-0.39, 0.29) is 18.7 Å². The van der Waals surface area contributed by atoms with Gasteiger partial charge in [-0.15, -0.1) is 0 Å². The molecule has 6 nitrogen and oxygen atoms in total. The Morgan fingerprint density at radius 2 is 1.96 bits per heavy atom. The van der Waals surface area contributed by atoms with Crippen molar-refractivity contribution in [3.63, 3.8) is 0 Å². The number of likely N-dealkylation sites (tertiary alicyclic amines) is 1. The van der Waals surface area contributed by atoms with Crippen LogP contribution in [0.25, 0.3) is 0 Å². The van der Waals surface area contributed by atoms with Gasteiger partial charge < -0.3 is 19.7 Å². The van der Waals surface area contributed by atoms with Gasteiger partial charge in [0, 0.05) is 19.1 Å². The van der Waals surface area contributed by atoms with E-state index in [4.69, 9.17) is 9.47 Å². The van der Waals surface area contributed by atoms with E-state index < -0.39 is 11.7 Å². The number of alkyl carbamates (subject to hydrolysis) is 1. The van der Waals surface area contributed by atoms with Gasteiger partial charge in [-0.25, -0.2) is 9.59 Å². The highest BCUT2D eigenvalue weighted by Gasteiger charge is 2.28. The third kappa shape index (κ3) is 6.10. The Balaban J connectivity index is 1.77. The molecule has 1 saturated heterocycles. The molecule has 1 heterocycles. The van der Waals surface area contributed by atoms with E-state index in [9.17, 15) is 9.59 Å². The van der Waals surface area contributed by atoms with Crippen molar-refractivity contribution in [2.45, 2.75) is 51.9 Å². The largest absolute Gasteiger partial charge is 0.445 e. The minimum atomic E-state index is -0.522. The standard InChI is InChI=1S/C18H26N2O4/c1-18(2,3)24-17(22)20-11-7-10-15(12-20)19-16(21)23-13-14-8-5-4-6-9-14/h4-6,8-9,15H,7,10-13H2,1-3H3,(H,19,21). The number of piperidine rings is 1.